The Labute approximate surface area is 156 Å². The number of amides is 1. The average Bonchev–Trinajstić information content (AvgIpc) is 3.15. The van der Waals surface area contributed by atoms with E-state index in [1.165, 1.54) is 16.8 Å². The van der Waals surface area contributed by atoms with Crippen LogP contribution >= 0.6 is 0 Å². The summed E-state index contributed by atoms with van der Waals surface area (Å²) in [5, 5.41) is 4.15. The maximum absolute atomic E-state index is 13.0. The number of oxime groups is 1. The van der Waals surface area contributed by atoms with Crippen LogP contribution in [0.2, 0.25) is 0 Å². The number of rotatable bonds is 4. The standard InChI is InChI=1S/C21H29N3O2/c1-2-19-13-20(26-22-19)15-23-10-7-17(8-11-23)21(25)24-12-9-16-5-3-4-6-18(16)14-24/h3-6,17,20H,2,7-15H2,1H3. The van der Waals surface area contributed by atoms with Gasteiger partial charge in [0, 0.05) is 32.0 Å². The smallest absolute Gasteiger partial charge is 0.226 e. The molecule has 0 radical (unpaired) electrons. The topological polar surface area (TPSA) is 45.1 Å². The van der Waals surface area contributed by atoms with E-state index in [1.807, 2.05) is 0 Å². The Morgan fingerprint density at radius 2 is 1.96 bits per heavy atom. The zero-order valence-corrected chi connectivity index (χ0v) is 15.7. The number of nitrogens with zero attached hydrogens (tertiary/aromatic N) is 3. The summed E-state index contributed by atoms with van der Waals surface area (Å²) < 4.78 is 0. The van der Waals surface area contributed by atoms with Gasteiger partial charge in [0.2, 0.25) is 5.91 Å². The number of hydrogen-bond donors (Lipinski definition) is 0. The zero-order valence-electron chi connectivity index (χ0n) is 15.7. The monoisotopic (exact) mass is 355 g/mol. The van der Waals surface area contributed by atoms with E-state index < -0.39 is 0 Å². The van der Waals surface area contributed by atoms with Gasteiger partial charge in [-0.3, -0.25) is 9.69 Å². The fraction of sp³-hybridized carbons (Fsp3) is 0.619. The minimum absolute atomic E-state index is 0.184. The number of hydrogen-bond acceptors (Lipinski definition) is 4. The molecule has 0 aromatic heterocycles. The molecule has 1 amide bonds. The van der Waals surface area contributed by atoms with E-state index in [1.54, 1.807) is 0 Å². The van der Waals surface area contributed by atoms with E-state index in [4.69, 9.17) is 4.84 Å². The third kappa shape index (κ3) is 3.78. The molecule has 140 valence electrons. The number of carbonyl (C=O) groups excluding carboxylic acids is 1. The molecule has 1 aromatic rings. The molecule has 1 aromatic carbocycles. The quantitative estimate of drug-likeness (QED) is 0.834. The molecule has 3 heterocycles. The molecule has 0 spiro atoms. The van der Waals surface area contributed by atoms with Crippen LogP contribution in [0.4, 0.5) is 0 Å². The summed E-state index contributed by atoms with van der Waals surface area (Å²) in [7, 11) is 0. The van der Waals surface area contributed by atoms with Crippen molar-refractivity contribution in [3.05, 3.63) is 35.4 Å². The summed E-state index contributed by atoms with van der Waals surface area (Å²) >= 11 is 0. The molecule has 5 nitrogen and oxygen atoms in total. The van der Waals surface area contributed by atoms with Crippen LogP contribution in [0.3, 0.4) is 0 Å². The van der Waals surface area contributed by atoms with Crippen LogP contribution in [0, 0.1) is 5.92 Å². The zero-order chi connectivity index (χ0) is 17.9. The lowest BCUT2D eigenvalue weighted by atomic mass is 9.93. The normalized spacial score (nSPS) is 24.1. The van der Waals surface area contributed by atoms with E-state index in [0.29, 0.717) is 5.91 Å². The van der Waals surface area contributed by atoms with E-state index in [9.17, 15) is 4.79 Å². The molecule has 1 unspecified atom stereocenters. The van der Waals surface area contributed by atoms with Crippen molar-refractivity contribution in [1.82, 2.24) is 9.80 Å². The number of fused-ring (bicyclic) bond motifs is 1. The van der Waals surface area contributed by atoms with Crippen molar-refractivity contribution >= 4 is 11.6 Å². The van der Waals surface area contributed by atoms with Gasteiger partial charge in [-0.25, -0.2) is 0 Å². The largest absolute Gasteiger partial charge is 0.391 e. The Bertz CT molecular complexity index is 680. The van der Waals surface area contributed by atoms with Crippen LogP contribution in [0.25, 0.3) is 0 Å². The van der Waals surface area contributed by atoms with Gasteiger partial charge in [0.25, 0.3) is 0 Å². The second kappa shape index (κ2) is 7.78. The van der Waals surface area contributed by atoms with E-state index >= 15 is 0 Å². The van der Waals surface area contributed by atoms with Crippen molar-refractivity contribution in [1.29, 1.82) is 0 Å². The predicted molar refractivity (Wildman–Crippen MR) is 102 cm³/mol. The van der Waals surface area contributed by atoms with Gasteiger partial charge in [-0.15, -0.1) is 0 Å². The molecule has 1 fully saturated rings. The third-order valence-electron chi connectivity index (χ3n) is 6.04. The summed E-state index contributed by atoms with van der Waals surface area (Å²) in [6.45, 7) is 6.68. The molecule has 0 N–H and O–H groups in total. The van der Waals surface area contributed by atoms with Crippen molar-refractivity contribution < 1.29 is 9.63 Å². The predicted octanol–water partition coefficient (Wildman–Crippen LogP) is 2.84. The van der Waals surface area contributed by atoms with E-state index in [-0.39, 0.29) is 12.0 Å². The number of likely N-dealkylation sites (tertiary alicyclic amines) is 1. The van der Waals surface area contributed by atoms with Crippen molar-refractivity contribution in [2.24, 2.45) is 11.1 Å². The van der Waals surface area contributed by atoms with E-state index in [0.717, 1.165) is 64.8 Å². The number of carbonyl (C=O) groups is 1. The van der Waals surface area contributed by atoms with Gasteiger partial charge < -0.3 is 9.74 Å². The minimum atomic E-state index is 0.184. The van der Waals surface area contributed by atoms with Crippen molar-refractivity contribution in [3.8, 4) is 0 Å². The van der Waals surface area contributed by atoms with Crippen molar-refractivity contribution in [2.75, 3.05) is 26.2 Å². The van der Waals surface area contributed by atoms with Crippen molar-refractivity contribution in [3.63, 3.8) is 0 Å². The first-order chi connectivity index (χ1) is 12.7. The lowest BCUT2D eigenvalue weighted by Crippen LogP contribution is -2.45. The van der Waals surface area contributed by atoms with E-state index in [2.05, 4.69) is 46.1 Å². The average molecular weight is 355 g/mol. The molecule has 3 aliphatic heterocycles. The van der Waals surface area contributed by atoms with Gasteiger partial charge in [0.15, 0.2) is 0 Å². The minimum Gasteiger partial charge on any atom is -0.391 e. The van der Waals surface area contributed by atoms with Crippen LogP contribution in [0.15, 0.2) is 29.4 Å². The molecule has 5 heteroatoms. The summed E-state index contributed by atoms with van der Waals surface area (Å²) in [5.74, 6) is 0.538. The van der Waals surface area contributed by atoms with Crippen LogP contribution in [0.1, 0.15) is 43.7 Å². The first kappa shape index (κ1) is 17.5. The molecule has 4 rings (SSSR count). The second-order valence-corrected chi connectivity index (χ2v) is 7.80. The van der Waals surface area contributed by atoms with Gasteiger partial charge in [0.05, 0.1) is 5.71 Å². The van der Waals surface area contributed by atoms with Crippen LogP contribution in [0.5, 0.6) is 0 Å². The highest BCUT2D eigenvalue weighted by molar-refractivity contribution is 5.85. The van der Waals surface area contributed by atoms with Gasteiger partial charge >= 0.3 is 0 Å². The van der Waals surface area contributed by atoms with Crippen molar-refractivity contribution in [2.45, 2.75) is 51.7 Å². The first-order valence-corrected chi connectivity index (χ1v) is 10.0. The Morgan fingerprint density at radius 3 is 2.69 bits per heavy atom. The van der Waals surface area contributed by atoms with Crippen LogP contribution < -0.4 is 0 Å². The van der Waals surface area contributed by atoms with Gasteiger partial charge in [-0.05, 0) is 49.9 Å². The van der Waals surface area contributed by atoms with Crippen LogP contribution in [-0.2, 0) is 22.6 Å². The highest BCUT2D eigenvalue weighted by Gasteiger charge is 2.31. The summed E-state index contributed by atoms with van der Waals surface area (Å²) in [6.07, 6.45) is 5.06. The Balaban J connectivity index is 1.25. The molecular formula is C21H29N3O2. The Morgan fingerprint density at radius 1 is 1.19 bits per heavy atom. The fourth-order valence-electron chi connectivity index (χ4n) is 4.39. The maximum Gasteiger partial charge on any atom is 0.226 e. The molecule has 0 saturated carbocycles. The lowest BCUT2D eigenvalue weighted by molar-refractivity contribution is -0.138. The van der Waals surface area contributed by atoms with Gasteiger partial charge in [0.1, 0.15) is 6.10 Å². The summed E-state index contributed by atoms with van der Waals surface area (Å²) in [6, 6.07) is 8.51. The highest BCUT2D eigenvalue weighted by Crippen LogP contribution is 2.25. The number of piperidine rings is 1. The molecular weight excluding hydrogens is 326 g/mol. The third-order valence-corrected chi connectivity index (χ3v) is 6.04. The summed E-state index contributed by atoms with van der Waals surface area (Å²) in [4.78, 5) is 23.0. The number of benzene rings is 1. The Hall–Kier alpha value is -1.88. The van der Waals surface area contributed by atoms with Crippen LogP contribution in [-0.4, -0.2) is 53.7 Å². The molecule has 1 saturated heterocycles. The molecule has 26 heavy (non-hydrogen) atoms. The highest BCUT2D eigenvalue weighted by atomic mass is 16.6. The molecule has 0 bridgehead atoms. The lowest BCUT2D eigenvalue weighted by Gasteiger charge is -2.36. The van der Waals surface area contributed by atoms with Gasteiger partial charge in [-0.1, -0.05) is 36.3 Å². The maximum atomic E-state index is 13.0. The molecule has 0 aliphatic carbocycles. The second-order valence-electron chi connectivity index (χ2n) is 7.80. The molecule has 3 aliphatic rings. The van der Waals surface area contributed by atoms with Gasteiger partial charge in [-0.2, -0.15) is 0 Å². The molecule has 1 atom stereocenters. The Kier molecular flexibility index (Phi) is 5.25. The first-order valence-electron chi connectivity index (χ1n) is 10.0. The summed E-state index contributed by atoms with van der Waals surface area (Å²) in [5.41, 5.74) is 3.89. The fourth-order valence-corrected chi connectivity index (χ4v) is 4.39. The SMILES string of the molecule is CCC1=NOC(CN2CCC(C(=O)N3CCc4ccccc4C3)CC2)C1.